The summed E-state index contributed by atoms with van der Waals surface area (Å²) in [5.74, 6) is 0.848. The molecule has 0 aliphatic carbocycles. The molecule has 17 heavy (non-hydrogen) atoms. The van der Waals surface area contributed by atoms with Gasteiger partial charge in [0.1, 0.15) is 11.0 Å². The molecule has 0 radical (unpaired) electrons. The van der Waals surface area contributed by atoms with Crippen molar-refractivity contribution in [2.75, 3.05) is 11.4 Å². The van der Waals surface area contributed by atoms with Crippen molar-refractivity contribution in [2.24, 2.45) is 0 Å². The Bertz CT molecular complexity index is 456. The SMILES string of the molecule is CCN(Cc1ccccc1)c1cnc(Cl)cn1. The van der Waals surface area contributed by atoms with Crippen LogP contribution in [0.2, 0.25) is 5.15 Å². The van der Waals surface area contributed by atoms with Gasteiger partial charge in [-0.25, -0.2) is 9.97 Å². The summed E-state index contributed by atoms with van der Waals surface area (Å²) in [5.41, 5.74) is 1.26. The third-order valence-electron chi connectivity index (χ3n) is 2.53. The van der Waals surface area contributed by atoms with Crippen LogP contribution in [0.4, 0.5) is 5.82 Å². The molecule has 0 aliphatic heterocycles. The highest BCUT2D eigenvalue weighted by molar-refractivity contribution is 6.29. The predicted molar refractivity (Wildman–Crippen MR) is 70.2 cm³/mol. The zero-order valence-corrected chi connectivity index (χ0v) is 10.4. The van der Waals surface area contributed by atoms with Gasteiger partial charge in [0, 0.05) is 13.1 Å². The minimum atomic E-state index is 0.421. The second kappa shape index (κ2) is 5.64. The molecule has 0 saturated heterocycles. The highest BCUT2D eigenvalue weighted by atomic mass is 35.5. The van der Waals surface area contributed by atoms with E-state index in [0.717, 1.165) is 18.9 Å². The molecule has 0 fully saturated rings. The van der Waals surface area contributed by atoms with E-state index in [-0.39, 0.29) is 0 Å². The zero-order chi connectivity index (χ0) is 12.1. The maximum absolute atomic E-state index is 5.73. The van der Waals surface area contributed by atoms with E-state index in [1.807, 2.05) is 18.2 Å². The minimum Gasteiger partial charge on any atom is -0.351 e. The van der Waals surface area contributed by atoms with Crippen LogP contribution < -0.4 is 4.90 Å². The first-order chi connectivity index (χ1) is 8.29. The average Bonchev–Trinajstić information content (AvgIpc) is 2.38. The highest BCUT2D eigenvalue weighted by Crippen LogP contribution is 2.14. The van der Waals surface area contributed by atoms with Crippen molar-refractivity contribution in [2.45, 2.75) is 13.5 Å². The molecule has 88 valence electrons. The van der Waals surface area contributed by atoms with Crippen LogP contribution >= 0.6 is 11.6 Å². The molecule has 0 unspecified atom stereocenters. The van der Waals surface area contributed by atoms with E-state index >= 15 is 0 Å². The lowest BCUT2D eigenvalue weighted by Gasteiger charge is -2.21. The summed E-state index contributed by atoms with van der Waals surface area (Å²) in [5, 5.41) is 0.421. The lowest BCUT2D eigenvalue weighted by Crippen LogP contribution is -2.23. The van der Waals surface area contributed by atoms with Crippen molar-refractivity contribution >= 4 is 17.4 Å². The summed E-state index contributed by atoms with van der Waals surface area (Å²) < 4.78 is 0. The van der Waals surface area contributed by atoms with Crippen LogP contribution in [0.1, 0.15) is 12.5 Å². The molecule has 0 bridgehead atoms. The van der Waals surface area contributed by atoms with Gasteiger partial charge in [-0.2, -0.15) is 0 Å². The Labute approximate surface area is 106 Å². The number of hydrogen-bond acceptors (Lipinski definition) is 3. The fraction of sp³-hybridized carbons (Fsp3) is 0.231. The van der Waals surface area contributed by atoms with Gasteiger partial charge in [0.05, 0.1) is 12.4 Å². The number of hydrogen-bond donors (Lipinski definition) is 0. The lowest BCUT2D eigenvalue weighted by molar-refractivity contribution is 0.809. The van der Waals surface area contributed by atoms with E-state index < -0.39 is 0 Å². The Morgan fingerprint density at radius 1 is 1.12 bits per heavy atom. The molecule has 1 aromatic carbocycles. The molecule has 4 heteroatoms. The summed E-state index contributed by atoms with van der Waals surface area (Å²) in [4.78, 5) is 10.5. The van der Waals surface area contributed by atoms with Gasteiger partial charge in [0.25, 0.3) is 0 Å². The maximum atomic E-state index is 5.73. The zero-order valence-electron chi connectivity index (χ0n) is 9.68. The van der Waals surface area contributed by atoms with E-state index in [1.54, 1.807) is 12.4 Å². The van der Waals surface area contributed by atoms with E-state index in [2.05, 4.69) is 33.9 Å². The van der Waals surface area contributed by atoms with Crippen molar-refractivity contribution in [3.8, 4) is 0 Å². The predicted octanol–water partition coefficient (Wildman–Crippen LogP) is 3.16. The Balaban J connectivity index is 2.14. The average molecular weight is 248 g/mol. The van der Waals surface area contributed by atoms with Gasteiger partial charge in [-0.3, -0.25) is 0 Å². The van der Waals surface area contributed by atoms with Crippen LogP contribution in [0, 0.1) is 0 Å². The molecule has 1 aromatic heterocycles. The second-order valence-electron chi connectivity index (χ2n) is 3.70. The quantitative estimate of drug-likeness (QED) is 0.831. The smallest absolute Gasteiger partial charge is 0.147 e. The van der Waals surface area contributed by atoms with Crippen LogP contribution in [0.3, 0.4) is 0 Å². The first-order valence-electron chi connectivity index (χ1n) is 5.56. The number of benzene rings is 1. The standard InChI is InChI=1S/C13H14ClN3/c1-2-17(10-11-6-4-3-5-7-11)13-9-15-12(14)8-16-13/h3-9H,2,10H2,1H3. The maximum Gasteiger partial charge on any atom is 0.147 e. The van der Waals surface area contributed by atoms with Crippen LogP contribution in [0.15, 0.2) is 42.7 Å². The molecule has 1 heterocycles. The van der Waals surface area contributed by atoms with Gasteiger partial charge in [-0.05, 0) is 12.5 Å². The lowest BCUT2D eigenvalue weighted by atomic mass is 10.2. The van der Waals surface area contributed by atoms with Crippen molar-refractivity contribution in [3.05, 3.63) is 53.4 Å². The molecule has 0 amide bonds. The fourth-order valence-electron chi connectivity index (χ4n) is 1.63. The van der Waals surface area contributed by atoms with Gasteiger partial charge in [-0.15, -0.1) is 0 Å². The summed E-state index contributed by atoms with van der Waals surface area (Å²) in [6.45, 7) is 3.80. The molecule has 2 rings (SSSR count). The Morgan fingerprint density at radius 3 is 2.47 bits per heavy atom. The van der Waals surface area contributed by atoms with Gasteiger partial charge in [0.15, 0.2) is 0 Å². The largest absolute Gasteiger partial charge is 0.351 e. The molecular formula is C13H14ClN3. The Kier molecular flexibility index (Phi) is 3.94. The molecule has 3 nitrogen and oxygen atoms in total. The third-order valence-corrected chi connectivity index (χ3v) is 2.72. The Morgan fingerprint density at radius 2 is 1.88 bits per heavy atom. The number of rotatable bonds is 4. The first kappa shape index (κ1) is 11.9. The number of aromatic nitrogens is 2. The highest BCUT2D eigenvalue weighted by Gasteiger charge is 2.06. The van der Waals surface area contributed by atoms with Crippen LogP contribution in [0.5, 0.6) is 0 Å². The summed E-state index contributed by atoms with van der Waals surface area (Å²) in [7, 11) is 0. The molecule has 2 aromatic rings. The first-order valence-corrected chi connectivity index (χ1v) is 5.94. The van der Waals surface area contributed by atoms with E-state index in [9.17, 15) is 0 Å². The van der Waals surface area contributed by atoms with Crippen LogP contribution in [-0.4, -0.2) is 16.5 Å². The van der Waals surface area contributed by atoms with E-state index in [0.29, 0.717) is 5.15 Å². The van der Waals surface area contributed by atoms with Crippen molar-refractivity contribution in [3.63, 3.8) is 0 Å². The monoisotopic (exact) mass is 247 g/mol. The van der Waals surface area contributed by atoms with Gasteiger partial charge >= 0.3 is 0 Å². The topological polar surface area (TPSA) is 29.0 Å². The van der Waals surface area contributed by atoms with Crippen molar-refractivity contribution < 1.29 is 0 Å². The molecule has 0 atom stereocenters. The number of nitrogens with zero attached hydrogens (tertiary/aromatic N) is 3. The fourth-order valence-corrected chi connectivity index (χ4v) is 1.72. The molecule has 0 saturated carbocycles. The summed E-state index contributed by atoms with van der Waals surface area (Å²) in [6.07, 6.45) is 3.28. The normalized spacial score (nSPS) is 10.2. The molecule has 0 spiro atoms. The molecular weight excluding hydrogens is 234 g/mol. The molecule has 0 N–H and O–H groups in total. The molecule has 0 aliphatic rings. The summed E-state index contributed by atoms with van der Waals surface area (Å²) >= 11 is 5.73. The van der Waals surface area contributed by atoms with Crippen molar-refractivity contribution in [1.82, 2.24) is 9.97 Å². The van der Waals surface area contributed by atoms with Gasteiger partial charge < -0.3 is 4.90 Å². The third kappa shape index (κ3) is 3.17. The van der Waals surface area contributed by atoms with Gasteiger partial charge in [-0.1, -0.05) is 41.9 Å². The Hall–Kier alpha value is -1.61. The summed E-state index contributed by atoms with van der Waals surface area (Å²) in [6, 6.07) is 10.3. The minimum absolute atomic E-state index is 0.421. The van der Waals surface area contributed by atoms with Gasteiger partial charge in [0.2, 0.25) is 0 Å². The number of anilines is 1. The van der Waals surface area contributed by atoms with Crippen LogP contribution in [0.25, 0.3) is 0 Å². The van der Waals surface area contributed by atoms with Crippen LogP contribution in [-0.2, 0) is 6.54 Å². The van der Waals surface area contributed by atoms with E-state index in [4.69, 9.17) is 11.6 Å². The van der Waals surface area contributed by atoms with Crippen molar-refractivity contribution in [1.29, 1.82) is 0 Å². The second-order valence-corrected chi connectivity index (χ2v) is 4.08. The number of halogens is 1. The van der Waals surface area contributed by atoms with E-state index in [1.165, 1.54) is 5.56 Å².